The van der Waals surface area contributed by atoms with E-state index in [1.54, 1.807) is 12.1 Å². The van der Waals surface area contributed by atoms with Gasteiger partial charge in [0.1, 0.15) is 5.82 Å². The van der Waals surface area contributed by atoms with Crippen LogP contribution in [0.15, 0.2) is 24.3 Å². The van der Waals surface area contributed by atoms with Crippen LogP contribution in [0, 0.1) is 9.39 Å². The molecule has 0 unspecified atom stereocenters. The van der Waals surface area contributed by atoms with Gasteiger partial charge in [-0.05, 0) is 40.8 Å². The Hall–Kier alpha value is -0.910. The van der Waals surface area contributed by atoms with Gasteiger partial charge in [-0.25, -0.2) is 9.18 Å². The topological polar surface area (TPSA) is 26.3 Å². The highest BCUT2D eigenvalue weighted by molar-refractivity contribution is 14.1. The van der Waals surface area contributed by atoms with Gasteiger partial charge in [0.25, 0.3) is 0 Å². The fraction of sp³-hybridized carbons (Fsp3) is 0.100. The molecule has 0 amide bonds. The Morgan fingerprint density at radius 1 is 1.57 bits per heavy atom. The van der Waals surface area contributed by atoms with Crippen molar-refractivity contribution in [3.05, 3.63) is 39.2 Å². The van der Waals surface area contributed by atoms with Crippen molar-refractivity contribution in [3.8, 4) is 0 Å². The van der Waals surface area contributed by atoms with Gasteiger partial charge in [0.05, 0.1) is 7.11 Å². The van der Waals surface area contributed by atoms with Crippen molar-refractivity contribution < 1.29 is 13.9 Å². The van der Waals surface area contributed by atoms with Gasteiger partial charge in [0.15, 0.2) is 0 Å². The highest BCUT2D eigenvalue weighted by Gasteiger charge is 2.02. The lowest BCUT2D eigenvalue weighted by Gasteiger charge is -1.99. The van der Waals surface area contributed by atoms with Crippen LogP contribution in [0.4, 0.5) is 4.39 Å². The molecule has 0 saturated heterocycles. The maximum atomic E-state index is 13.2. The third-order valence-corrected chi connectivity index (χ3v) is 2.53. The molecule has 1 aromatic rings. The minimum absolute atomic E-state index is 0.350. The normalized spacial score (nSPS) is 10.5. The Labute approximate surface area is 94.9 Å². The van der Waals surface area contributed by atoms with E-state index in [4.69, 9.17) is 0 Å². The predicted molar refractivity (Wildman–Crippen MR) is 60.2 cm³/mol. The minimum Gasteiger partial charge on any atom is -0.466 e. The quantitative estimate of drug-likeness (QED) is 0.477. The van der Waals surface area contributed by atoms with Crippen molar-refractivity contribution in [1.82, 2.24) is 0 Å². The molecule has 0 atom stereocenters. The Kier molecular flexibility index (Phi) is 4.06. The summed E-state index contributed by atoms with van der Waals surface area (Å²) in [4.78, 5) is 10.8. The number of carbonyl (C=O) groups excluding carboxylic acids is 1. The van der Waals surface area contributed by atoms with E-state index in [1.165, 1.54) is 25.3 Å². The molecule has 0 N–H and O–H groups in total. The van der Waals surface area contributed by atoms with Gasteiger partial charge in [0, 0.05) is 15.2 Å². The summed E-state index contributed by atoms with van der Waals surface area (Å²) in [5.74, 6) is -0.846. The fourth-order valence-corrected chi connectivity index (χ4v) is 1.53. The second-order valence-electron chi connectivity index (χ2n) is 2.49. The second kappa shape index (κ2) is 5.09. The van der Waals surface area contributed by atoms with E-state index in [-0.39, 0.29) is 5.82 Å². The molecule has 0 saturated carbocycles. The molecular weight excluding hydrogens is 298 g/mol. The van der Waals surface area contributed by atoms with E-state index >= 15 is 0 Å². The first-order valence-corrected chi connectivity index (χ1v) is 4.93. The van der Waals surface area contributed by atoms with Crippen molar-refractivity contribution >= 4 is 34.6 Å². The number of hydrogen-bond donors (Lipinski definition) is 0. The molecule has 74 valence electrons. The zero-order chi connectivity index (χ0) is 10.6. The molecule has 0 aliphatic heterocycles. The number of halogens is 2. The Bertz CT molecular complexity index is 354. The van der Waals surface area contributed by atoms with Crippen molar-refractivity contribution in [2.45, 2.75) is 0 Å². The Morgan fingerprint density at radius 2 is 2.29 bits per heavy atom. The van der Waals surface area contributed by atoms with Gasteiger partial charge in [-0.1, -0.05) is 6.07 Å². The van der Waals surface area contributed by atoms with Crippen LogP contribution in [-0.2, 0) is 9.53 Å². The van der Waals surface area contributed by atoms with Crippen molar-refractivity contribution in [1.29, 1.82) is 0 Å². The number of benzene rings is 1. The maximum Gasteiger partial charge on any atom is 0.330 e. The van der Waals surface area contributed by atoms with Crippen LogP contribution < -0.4 is 0 Å². The summed E-state index contributed by atoms with van der Waals surface area (Å²) in [5, 5.41) is 0. The maximum absolute atomic E-state index is 13.2. The van der Waals surface area contributed by atoms with Crippen LogP contribution in [0.2, 0.25) is 0 Å². The summed E-state index contributed by atoms with van der Waals surface area (Å²) in [7, 11) is 1.28. The summed E-state index contributed by atoms with van der Waals surface area (Å²) in [6.45, 7) is 0. The highest BCUT2D eigenvalue weighted by Crippen LogP contribution is 2.17. The van der Waals surface area contributed by atoms with E-state index in [1.807, 2.05) is 22.6 Å². The number of methoxy groups -OCH3 is 1. The van der Waals surface area contributed by atoms with Crippen LogP contribution in [0.1, 0.15) is 5.56 Å². The first kappa shape index (κ1) is 11.2. The van der Waals surface area contributed by atoms with E-state index in [0.29, 0.717) is 5.56 Å². The number of rotatable bonds is 2. The standard InChI is InChI=1S/C10H8FIO2/c1-14-10(13)6-5-7-8(11)3-2-4-9(7)12/h2-6H,1H3. The van der Waals surface area contributed by atoms with E-state index in [0.717, 1.165) is 3.57 Å². The number of carbonyl (C=O) groups is 1. The van der Waals surface area contributed by atoms with Crippen LogP contribution in [0.25, 0.3) is 6.08 Å². The lowest BCUT2D eigenvalue weighted by molar-refractivity contribution is -0.134. The van der Waals surface area contributed by atoms with Crippen LogP contribution in [0.3, 0.4) is 0 Å². The van der Waals surface area contributed by atoms with Gasteiger partial charge in [0.2, 0.25) is 0 Å². The average Bonchev–Trinajstić information content (AvgIpc) is 2.16. The molecule has 4 heteroatoms. The molecule has 0 bridgehead atoms. The molecular formula is C10H8FIO2. The summed E-state index contributed by atoms with van der Waals surface area (Å²) in [6, 6.07) is 4.73. The average molecular weight is 306 g/mol. The third-order valence-electron chi connectivity index (χ3n) is 1.59. The molecule has 0 spiro atoms. The predicted octanol–water partition coefficient (Wildman–Crippen LogP) is 2.62. The molecule has 1 aromatic carbocycles. The first-order chi connectivity index (χ1) is 6.65. The molecule has 0 radical (unpaired) electrons. The molecule has 0 heterocycles. The van der Waals surface area contributed by atoms with E-state index < -0.39 is 5.97 Å². The zero-order valence-electron chi connectivity index (χ0n) is 7.46. The second-order valence-corrected chi connectivity index (χ2v) is 3.65. The first-order valence-electron chi connectivity index (χ1n) is 3.85. The van der Waals surface area contributed by atoms with Crippen molar-refractivity contribution in [2.75, 3.05) is 7.11 Å². The Morgan fingerprint density at radius 3 is 2.86 bits per heavy atom. The number of esters is 1. The summed E-state index contributed by atoms with van der Waals surface area (Å²) < 4.78 is 18.4. The van der Waals surface area contributed by atoms with Gasteiger partial charge in [-0.3, -0.25) is 0 Å². The van der Waals surface area contributed by atoms with Crippen molar-refractivity contribution in [3.63, 3.8) is 0 Å². The lowest BCUT2D eigenvalue weighted by atomic mass is 10.2. The van der Waals surface area contributed by atoms with Crippen LogP contribution in [0.5, 0.6) is 0 Å². The highest BCUT2D eigenvalue weighted by atomic mass is 127. The largest absolute Gasteiger partial charge is 0.466 e. The van der Waals surface area contributed by atoms with Crippen LogP contribution >= 0.6 is 22.6 Å². The molecule has 0 aromatic heterocycles. The van der Waals surface area contributed by atoms with Crippen molar-refractivity contribution in [2.24, 2.45) is 0 Å². The monoisotopic (exact) mass is 306 g/mol. The van der Waals surface area contributed by atoms with Gasteiger partial charge < -0.3 is 4.74 Å². The van der Waals surface area contributed by atoms with Gasteiger partial charge >= 0.3 is 5.97 Å². The smallest absolute Gasteiger partial charge is 0.330 e. The molecule has 0 aliphatic rings. The van der Waals surface area contributed by atoms with Gasteiger partial charge in [-0.2, -0.15) is 0 Å². The third kappa shape index (κ3) is 2.80. The van der Waals surface area contributed by atoms with E-state index in [2.05, 4.69) is 4.74 Å². The lowest BCUT2D eigenvalue weighted by Crippen LogP contribution is -1.94. The number of hydrogen-bond acceptors (Lipinski definition) is 2. The summed E-state index contributed by atoms with van der Waals surface area (Å²) in [5.41, 5.74) is 0.401. The molecule has 1 rings (SSSR count). The SMILES string of the molecule is COC(=O)C=Cc1c(F)cccc1I. The fourth-order valence-electron chi connectivity index (χ4n) is 0.889. The summed E-state index contributed by atoms with van der Waals surface area (Å²) in [6.07, 6.45) is 2.60. The number of ether oxygens (including phenoxy) is 1. The van der Waals surface area contributed by atoms with E-state index in [9.17, 15) is 9.18 Å². The molecule has 0 fully saturated rings. The minimum atomic E-state index is -0.496. The zero-order valence-corrected chi connectivity index (χ0v) is 9.62. The Balaban J connectivity index is 2.96. The molecule has 2 nitrogen and oxygen atoms in total. The summed E-state index contributed by atoms with van der Waals surface area (Å²) >= 11 is 2.00. The van der Waals surface area contributed by atoms with Crippen LogP contribution in [-0.4, -0.2) is 13.1 Å². The van der Waals surface area contributed by atoms with Gasteiger partial charge in [-0.15, -0.1) is 0 Å². The molecule has 0 aliphatic carbocycles. The molecule has 14 heavy (non-hydrogen) atoms.